The number of hydrogen-bond acceptors (Lipinski definition) is 4. The van der Waals surface area contributed by atoms with Crippen LogP contribution in [-0.2, 0) is 10.7 Å². The Kier molecular flexibility index (Phi) is 5.15. The zero-order valence-corrected chi connectivity index (χ0v) is 10.6. The summed E-state index contributed by atoms with van der Waals surface area (Å²) in [4.78, 5) is 9.70. The van der Waals surface area contributed by atoms with Crippen LogP contribution in [0.25, 0.3) is 0 Å². The summed E-state index contributed by atoms with van der Waals surface area (Å²) >= 11 is 0. The lowest BCUT2D eigenvalue weighted by Gasteiger charge is -2.15. The van der Waals surface area contributed by atoms with E-state index >= 15 is 0 Å². The monoisotopic (exact) mass is 259 g/mol. The van der Waals surface area contributed by atoms with Gasteiger partial charge in [-0.05, 0) is 17.7 Å². The smallest absolute Gasteiger partial charge is 0.207 e. The quantitative estimate of drug-likeness (QED) is 0.657. The molecule has 0 aliphatic rings. The van der Waals surface area contributed by atoms with Crippen molar-refractivity contribution in [2.45, 2.75) is 12.3 Å². The van der Waals surface area contributed by atoms with E-state index in [0.29, 0.717) is 5.75 Å². The number of benzene rings is 1. The van der Waals surface area contributed by atoms with Gasteiger partial charge in [-0.15, -0.1) is 0 Å². The van der Waals surface area contributed by atoms with Crippen molar-refractivity contribution in [2.75, 3.05) is 19.8 Å². The number of nitrogens with two attached hydrogens (primary N) is 1. The zero-order valence-electron chi connectivity index (χ0n) is 9.74. The third-order valence-electron chi connectivity index (χ3n) is 2.36. The van der Waals surface area contributed by atoms with E-state index < -0.39 is 13.5 Å². The number of aliphatic hydroxyl groups excluding tert-OH is 1. The van der Waals surface area contributed by atoms with Gasteiger partial charge in [-0.3, -0.25) is 4.57 Å². The Morgan fingerprint density at radius 3 is 2.47 bits per heavy atom. The Balaban J connectivity index is 2.65. The number of hydrogen-bond donors (Lipinski definition) is 3. The van der Waals surface area contributed by atoms with Gasteiger partial charge in [0.15, 0.2) is 0 Å². The van der Waals surface area contributed by atoms with E-state index in [4.69, 9.17) is 10.5 Å². The van der Waals surface area contributed by atoms with Crippen molar-refractivity contribution in [1.82, 2.24) is 0 Å². The first-order valence-electron chi connectivity index (χ1n) is 5.29. The van der Waals surface area contributed by atoms with Crippen LogP contribution in [0.2, 0.25) is 0 Å². The lowest BCUT2D eigenvalue weighted by molar-refractivity contribution is 0.202. The Bertz CT molecular complexity index is 393. The highest BCUT2D eigenvalue weighted by molar-refractivity contribution is 7.57. The van der Waals surface area contributed by atoms with Crippen LogP contribution in [-0.4, -0.2) is 35.9 Å². The molecular formula is C11H18NO4P. The van der Waals surface area contributed by atoms with Crippen LogP contribution < -0.4 is 10.5 Å². The summed E-state index contributed by atoms with van der Waals surface area (Å²) in [6, 6.07) is 6.93. The van der Waals surface area contributed by atoms with E-state index in [1.165, 1.54) is 0 Å². The van der Waals surface area contributed by atoms with Gasteiger partial charge in [-0.2, -0.15) is 0 Å². The molecule has 0 aliphatic heterocycles. The van der Waals surface area contributed by atoms with Gasteiger partial charge in [0.2, 0.25) is 7.37 Å². The topological polar surface area (TPSA) is 92.8 Å². The predicted octanol–water partition coefficient (Wildman–Crippen LogP) is 0.785. The number of aliphatic hydroxyl groups is 1. The van der Waals surface area contributed by atoms with Crippen molar-refractivity contribution in [1.29, 1.82) is 0 Å². The van der Waals surface area contributed by atoms with Crippen LogP contribution in [0, 0.1) is 0 Å². The van der Waals surface area contributed by atoms with E-state index in [2.05, 4.69) is 0 Å². The van der Waals surface area contributed by atoms with Crippen molar-refractivity contribution in [2.24, 2.45) is 5.73 Å². The summed E-state index contributed by atoms with van der Waals surface area (Å²) in [5.41, 5.74) is 5.95. The van der Waals surface area contributed by atoms with Crippen LogP contribution >= 0.6 is 7.37 Å². The molecule has 0 aromatic heterocycles. The molecule has 5 nitrogen and oxygen atoms in total. The largest absolute Gasteiger partial charge is 0.497 e. The fraction of sp³-hybridized carbons (Fsp3) is 0.455. The summed E-state index contributed by atoms with van der Waals surface area (Å²) in [6.07, 6.45) is -1.06. The minimum absolute atomic E-state index is 0.00678. The predicted molar refractivity (Wildman–Crippen MR) is 66.5 cm³/mol. The van der Waals surface area contributed by atoms with Crippen LogP contribution in [0.15, 0.2) is 24.3 Å². The molecule has 1 aromatic rings. The lowest BCUT2D eigenvalue weighted by Crippen LogP contribution is -2.23. The second kappa shape index (κ2) is 6.17. The fourth-order valence-electron chi connectivity index (χ4n) is 1.48. The van der Waals surface area contributed by atoms with E-state index in [0.717, 1.165) is 5.56 Å². The van der Waals surface area contributed by atoms with Gasteiger partial charge in [0.1, 0.15) is 5.75 Å². The molecule has 1 aromatic carbocycles. The van der Waals surface area contributed by atoms with Crippen molar-refractivity contribution in [3.05, 3.63) is 29.8 Å². The molecule has 0 bridgehead atoms. The van der Waals surface area contributed by atoms with E-state index in [1.54, 1.807) is 31.4 Å². The molecule has 0 radical (unpaired) electrons. The minimum atomic E-state index is -3.38. The highest BCUT2D eigenvalue weighted by Crippen LogP contribution is 2.44. The normalized spacial score (nSPS) is 16.2. The van der Waals surface area contributed by atoms with Gasteiger partial charge >= 0.3 is 0 Å². The van der Waals surface area contributed by atoms with Gasteiger partial charge in [-0.1, -0.05) is 12.1 Å². The maximum absolute atomic E-state index is 11.8. The van der Waals surface area contributed by atoms with E-state index in [-0.39, 0.29) is 18.9 Å². The molecule has 0 saturated carbocycles. The molecule has 0 heterocycles. The highest BCUT2D eigenvalue weighted by Gasteiger charge is 2.22. The Morgan fingerprint density at radius 1 is 1.41 bits per heavy atom. The van der Waals surface area contributed by atoms with Crippen molar-refractivity contribution in [3.8, 4) is 5.75 Å². The number of methoxy groups -OCH3 is 1. The zero-order chi connectivity index (χ0) is 12.9. The Hall–Kier alpha value is -0.870. The molecule has 0 fully saturated rings. The van der Waals surface area contributed by atoms with Crippen molar-refractivity contribution < 1.29 is 19.3 Å². The average molecular weight is 259 g/mol. The average Bonchev–Trinajstić information content (AvgIpc) is 2.28. The maximum Gasteiger partial charge on any atom is 0.207 e. The SMILES string of the molecule is COc1ccc(CP(=O)(O)CC(O)CN)cc1. The summed E-state index contributed by atoms with van der Waals surface area (Å²) < 4.78 is 16.8. The van der Waals surface area contributed by atoms with Gasteiger partial charge in [-0.25, -0.2) is 0 Å². The first-order chi connectivity index (χ1) is 7.96. The van der Waals surface area contributed by atoms with Crippen LogP contribution in [0.4, 0.5) is 0 Å². The molecule has 2 unspecified atom stereocenters. The second-order valence-electron chi connectivity index (χ2n) is 3.92. The third-order valence-corrected chi connectivity index (χ3v) is 4.21. The Labute approximate surface area is 101 Å². The van der Waals surface area contributed by atoms with Gasteiger partial charge in [0.25, 0.3) is 0 Å². The second-order valence-corrected chi connectivity index (χ2v) is 6.30. The Morgan fingerprint density at radius 2 is 2.00 bits per heavy atom. The van der Waals surface area contributed by atoms with E-state index in [9.17, 15) is 14.6 Å². The number of rotatable bonds is 6. The number of ether oxygens (including phenoxy) is 1. The molecule has 1 rings (SSSR count). The summed E-state index contributed by atoms with van der Waals surface area (Å²) in [6.45, 7) is -0.00678. The maximum atomic E-state index is 11.8. The van der Waals surface area contributed by atoms with Crippen LogP contribution in [0.3, 0.4) is 0 Å². The molecular weight excluding hydrogens is 241 g/mol. The molecule has 17 heavy (non-hydrogen) atoms. The van der Waals surface area contributed by atoms with Crippen molar-refractivity contribution in [3.63, 3.8) is 0 Å². The highest BCUT2D eigenvalue weighted by atomic mass is 31.2. The summed E-state index contributed by atoms with van der Waals surface area (Å²) in [5.74, 6) is 0.698. The minimum Gasteiger partial charge on any atom is -0.497 e. The molecule has 2 atom stereocenters. The van der Waals surface area contributed by atoms with Crippen LogP contribution in [0.1, 0.15) is 5.56 Å². The summed E-state index contributed by atoms with van der Waals surface area (Å²) in [5, 5.41) is 9.28. The third kappa shape index (κ3) is 4.88. The summed E-state index contributed by atoms with van der Waals surface area (Å²) in [7, 11) is -1.82. The van der Waals surface area contributed by atoms with Gasteiger partial charge < -0.3 is 20.5 Å². The molecule has 96 valence electrons. The van der Waals surface area contributed by atoms with Gasteiger partial charge in [0.05, 0.1) is 19.4 Å². The van der Waals surface area contributed by atoms with Crippen LogP contribution in [0.5, 0.6) is 5.75 Å². The molecule has 0 amide bonds. The lowest BCUT2D eigenvalue weighted by atomic mass is 10.2. The molecule has 0 saturated heterocycles. The molecule has 0 aliphatic carbocycles. The molecule has 6 heteroatoms. The van der Waals surface area contributed by atoms with E-state index in [1.807, 2.05) is 0 Å². The molecule has 0 spiro atoms. The standard InChI is InChI=1S/C11H18NO4P/c1-16-11-4-2-9(3-5-11)7-17(14,15)8-10(13)6-12/h2-5,10,13H,6-8,12H2,1H3,(H,14,15). The molecule has 4 N–H and O–H groups in total. The fourth-order valence-corrected chi connectivity index (χ4v) is 3.20. The van der Waals surface area contributed by atoms with Gasteiger partial charge in [0, 0.05) is 12.7 Å². The first-order valence-corrected chi connectivity index (χ1v) is 7.32. The first kappa shape index (κ1) is 14.2. The van der Waals surface area contributed by atoms with Crippen molar-refractivity contribution >= 4 is 7.37 Å².